The standard InChI is InChI=1S/C22H19FN4O2S/c1-14-25-20-21(30-14)19(16-7-9-17(23)10-8-16)26-27(22(20)29)13-18(28)24-12-11-15-5-3-2-4-6-15/h2-10H,11-13H2,1H3,(H,24,28). The molecule has 2 heterocycles. The molecule has 4 aromatic rings. The van der Waals surface area contributed by atoms with Crippen molar-refractivity contribution >= 4 is 27.5 Å². The molecule has 152 valence electrons. The van der Waals surface area contributed by atoms with Gasteiger partial charge >= 0.3 is 0 Å². The van der Waals surface area contributed by atoms with Gasteiger partial charge in [-0.05, 0) is 43.2 Å². The molecule has 0 unspecified atom stereocenters. The van der Waals surface area contributed by atoms with Crippen molar-refractivity contribution in [3.05, 3.63) is 81.3 Å². The Labute approximate surface area is 176 Å². The van der Waals surface area contributed by atoms with Gasteiger partial charge in [0.25, 0.3) is 5.56 Å². The Kier molecular flexibility index (Phi) is 5.67. The van der Waals surface area contributed by atoms with Gasteiger partial charge < -0.3 is 5.32 Å². The van der Waals surface area contributed by atoms with Crippen LogP contribution in [-0.4, -0.2) is 27.2 Å². The van der Waals surface area contributed by atoms with Crippen LogP contribution in [0.5, 0.6) is 0 Å². The van der Waals surface area contributed by atoms with Crippen LogP contribution in [0.25, 0.3) is 21.5 Å². The fourth-order valence-corrected chi connectivity index (χ4v) is 4.07. The Morgan fingerprint density at radius 2 is 1.87 bits per heavy atom. The number of rotatable bonds is 6. The van der Waals surface area contributed by atoms with E-state index in [0.29, 0.717) is 28.9 Å². The highest BCUT2D eigenvalue weighted by molar-refractivity contribution is 7.19. The van der Waals surface area contributed by atoms with Crippen LogP contribution in [0.3, 0.4) is 0 Å². The minimum atomic E-state index is -0.418. The van der Waals surface area contributed by atoms with Crippen LogP contribution >= 0.6 is 11.3 Å². The molecule has 4 rings (SSSR count). The number of amides is 1. The molecule has 0 radical (unpaired) electrons. The van der Waals surface area contributed by atoms with E-state index >= 15 is 0 Å². The molecule has 1 amide bonds. The summed E-state index contributed by atoms with van der Waals surface area (Å²) in [6, 6.07) is 15.7. The third-order valence-corrected chi connectivity index (χ3v) is 5.57. The summed E-state index contributed by atoms with van der Waals surface area (Å²) in [5, 5.41) is 7.95. The topological polar surface area (TPSA) is 76.9 Å². The van der Waals surface area contributed by atoms with Gasteiger partial charge in [-0.2, -0.15) is 5.10 Å². The number of benzene rings is 2. The average Bonchev–Trinajstić information content (AvgIpc) is 3.14. The maximum Gasteiger partial charge on any atom is 0.294 e. The van der Waals surface area contributed by atoms with Crippen LogP contribution in [0.4, 0.5) is 4.39 Å². The molecule has 2 aromatic heterocycles. The molecule has 0 aliphatic rings. The number of hydrogen-bond donors (Lipinski definition) is 1. The highest BCUT2D eigenvalue weighted by Crippen LogP contribution is 2.29. The van der Waals surface area contributed by atoms with Gasteiger partial charge in [0.1, 0.15) is 18.1 Å². The summed E-state index contributed by atoms with van der Waals surface area (Å²) in [7, 11) is 0. The van der Waals surface area contributed by atoms with Gasteiger partial charge in [-0.25, -0.2) is 14.1 Å². The monoisotopic (exact) mass is 422 g/mol. The normalized spacial score (nSPS) is 11.0. The van der Waals surface area contributed by atoms with E-state index in [-0.39, 0.29) is 23.8 Å². The first kappa shape index (κ1) is 19.9. The van der Waals surface area contributed by atoms with Crippen LogP contribution in [0.15, 0.2) is 59.4 Å². The quantitative estimate of drug-likeness (QED) is 0.517. The number of hydrogen-bond acceptors (Lipinski definition) is 5. The van der Waals surface area contributed by atoms with Crippen molar-refractivity contribution in [2.75, 3.05) is 6.54 Å². The summed E-state index contributed by atoms with van der Waals surface area (Å²) in [5.74, 6) is -0.668. The van der Waals surface area contributed by atoms with Gasteiger partial charge in [-0.3, -0.25) is 9.59 Å². The molecule has 6 nitrogen and oxygen atoms in total. The lowest BCUT2D eigenvalue weighted by Crippen LogP contribution is -2.35. The van der Waals surface area contributed by atoms with Crippen LogP contribution in [0.1, 0.15) is 10.6 Å². The summed E-state index contributed by atoms with van der Waals surface area (Å²) in [6.07, 6.45) is 0.694. The second-order valence-electron chi connectivity index (χ2n) is 6.81. The zero-order chi connectivity index (χ0) is 21.1. The molecule has 0 bridgehead atoms. The van der Waals surface area contributed by atoms with E-state index in [1.54, 1.807) is 19.1 Å². The molecular weight excluding hydrogens is 403 g/mol. The smallest absolute Gasteiger partial charge is 0.294 e. The van der Waals surface area contributed by atoms with E-state index in [2.05, 4.69) is 15.4 Å². The largest absolute Gasteiger partial charge is 0.354 e. The number of aromatic nitrogens is 3. The first-order valence-electron chi connectivity index (χ1n) is 9.46. The van der Waals surface area contributed by atoms with Gasteiger partial charge in [-0.15, -0.1) is 11.3 Å². The fraction of sp³-hybridized carbons (Fsp3) is 0.182. The zero-order valence-electron chi connectivity index (χ0n) is 16.3. The SMILES string of the molecule is Cc1nc2c(=O)n(CC(=O)NCCc3ccccc3)nc(-c3ccc(F)cc3)c2s1. The van der Waals surface area contributed by atoms with E-state index in [0.717, 1.165) is 15.3 Å². The van der Waals surface area contributed by atoms with E-state index < -0.39 is 5.56 Å². The molecule has 0 saturated heterocycles. The minimum Gasteiger partial charge on any atom is -0.354 e. The molecule has 0 atom stereocenters. The van der Waals surface area contributed by atoms with Crippen LogP contribution in [-0.2, 0) is 17.8 Å². The Balaban J connectivity index is 1.59. The number of halogens is 1. The van der Waals surface area contributed by atoms with Gasteiger partial charge in [0.2, 0.25) is 5.91 Å². The number of thiazole rings is 1. The van der Waals surface area contributed by atoms with E-state index in [1.807, 2.05) is 30.3 Å². The van der Waals surface area contributed by atoms with Gasteiger partial charge in [0.15, 0.2) is 5.52 Å². The Bertz CT molecular complexity index is 1250. The highest BCUT2D eigenvalue weighted by atomic mass is 32.1. The Hall–Kier alpha value is -3.39. The summed E-state index contributed by atoms with van der Waals surface area (Å²) < 4.78 is 15.1. The number of carbonyl (C=O) groups is 1. The number of aryl methyl sites for hydroxylation is 1. The fourth-order valence-electron chi connectivity index (χ4n) is 3.15. The van der Waals surface area contributed by atoms with Crippen molar-refractivity contribution in [1.82, 2.24) is 20.1 Å². The van der Waals surface area contributed by atoms with Crippen LogP contribution < -0.4 is 10.9 Å². The lowest BCUT2D eigenvalue weighted by atomic mass is 10.1. The first-order valence-corrected chi connectivity index (χ1v) is 10.3. The number of nitrogens with one attached hydrogen (secondary N) is 1. The first-order chi connectivity index (χ1) is 14.5. The summed E-state index contributed by atoms with van der Waals surface area (Å²) in [6.45, 7) is 2.05. The van der Waals surface area contributed by atoms with Crippen molar-refractivity contribution in [3.8, 4) is 11.3 Å². The van der Waals surface area contributed by atoms with Crippen molar-refractivity contribution < 1.29 is 9.18 Å². The third-order valence-electron chi connectivity index (χ3n) is 4.60. The third kappa shape index (κ3) is 4.28. The van der Waals surface area contributed by atoms with E-state index in [9.17, 15) is 14.0 Å². The van der Waals surface area contributed by atoms with Gasteiger partial charge in [-0.1, -0.05) is 30.3 Å². The van der Waals surface area contributed by atoms with Crippen LogP contribution in [0.2, 0.25) is 0 Å². The molecule has 0 fully saturated rings. The van der Waals surface area contributed by atoms with Crippen molar-refractivity contribution in [2.24, 2.45) is 0 Å². The molecular formula is C22H19FN4O2S. The maximum atomic E-state index is 13.3. The summed E-state index contributed by atoms with van der Waals surface area (Å²) in [5.41, 5.74) is 2.13. The average molecular weight is 422 g/mol. The molecule has 0 spiro atoms. The maximum absolute atomic E-state index is 13.3. The molecule has 0 saturated carbocycles. The summed E-state index contributed by atoms with van der Waals surface area (Å²) in [4.78, 5) is 29.6. The predicted octanol–water partition coefficient (Wildman–Crippen LogP) is 3.33. The molecule has 0 aliphatic carbocycles. The van der Waals surface area contributed by atoms with Crippen molar-refractivity contribution in [3.63, 3.8) is 0 Å². The highest BCUT2D eigenvalue weighted by Gasteiger charge is 2.18. The van der Waals surface area contributed by atoms with Crippen LogP contribution in [0, 0.1) is 12.7 Å². The molecule has 0 aliphatic heterocycles. The summed E-state index contributed by atoms with van der Waals surface area (Å²) >= 11 is 1.35. The Morgan fingerprint density at radius 1 is 1.13 bits per heavy atom. The van der Waals surface area contributed by atoms with Crippen molar-refractivity contribution in [1.29, 1.82) is 0 Å². The predicted molar refractivity (Wildman–Crippen MR) is 115 cm³/mol. The number of nitrogens with zero attached hydrogens (tertiary/aromatic N) is 3. The second kappa shape index (κ2) is 8.54. The van der Waals surface area contributed by atoms with Crippen molar-refractivity contribution in [2.45, 2.75) is 19.9 Å². The minimum absolute atomic E-state index is 0.214. The second-order valence-corrected chi connectivity index (χ2v) is 8.02. The lowest BCUT2D eigenvalue weighted by Gasteiger charge is -2.09. The van der Waals surface area contributed by atoms with Gasteiger partial charge in [0, 0.05) is 12.1 Å². The molecule has 2 aromatic carbocycles. The van der Waals surface area contributed by atoms with E-state index in [4.69, 9.17) is 0 Å². The zero-order valence-corrected chi connectivity index (χ0v) is 17.1. The lowest BCUT2D eigenvalue weighted by molar-refractivity contribution is -0.121. The Morgan fingerprint density at radius 3 is 2.60 bits per heavy atom. The van der Waals surface area contributed by atoms with Gasteiger partial charge in [0.05, 0.1) is 9.71 Å². The molecule has 1 N–H and O–H groups in total. The number of carbonyl (C=O) groups excluding carboxylic acids is 1. The molecule has 30 heavy (non-hydrogen) atoms. The van der Waals surface area contributed by atoms with E-state index in [1.165, 1.54) is 23.5 Å². The number of fused-ring (bicyclic) bond motifs is 1. The molecule has 8 heteroatoms.